The van der Waals surface area contributed by atoms with E-state index in [9.17, 15) is 15.3 Å². The van der Waals surface area contributed by atoms with Crippen LogP contribution in [-0.2, 0) is 11.3 Å². The molecule has 4 rings (SSSR count). The van der Waals surface area contributed by atoms with E-state index in [1.807, 2.05) is 31.2 Å². The van der Waals surface area contributed by atoms with Crippen molar-refractivity contribution in [2.24, 2.45) is 0 Å². The molecule has 1 fully saturated rings. The zero-order chi connectivity index (χ0) is 20.4. The van der Waals surface area contributed by atoms with E-state index in [2.05, 4.69) is 20.3 Å². The Morgan fingerprint density at radius 2 is 2.00 bits per heavy atom. The number of aliphatic hydroxyl groups excluding tert-OH is 3. The van der Waals surface area contributed by atoms with E-state index >= 15 is 0 Å². The van der Waals surface area contributed by atoms with Gasteiger partial charge in [-0.15, -0.1) is 0 Å². The molecule has 0 bridgehead atoms. The molecule has 10 nitrogen and oxygen atoms in total. The van der Waals surface area contributed by atoms with Crippen LogP contribution in [0.1, 0.15) is 18.7 Å². The zero-order valence-electron chi connectivity index (χ0n) is 15.8. The van der Waals surface area contributed by atoms with Gasteiger partial charge in [-0.05, 0) is 13.0 Å². The number of aliphatic hydroxyl groups is 3. The van der Waals surface area contributed by atoms with Crippen LogP contribution in [0.5, 0.6) is 5.75 Å². The third-order valence-electron chi connectivity index (χ3n) is 4.87. The summed E-state index contributed by atoms with van der Waals surface area (Å²) in [4.78, 5) is 12.9. The summed E-state index contributed by atoms with van der Waals surface area (Å²) in [6.07, 6.45) is -1.33. The summed E-state index contributed by atoms with van der Waals surface area (Å²) >= 11 is 0. The lowest BCUT2D eigenvalue weighted by atomic mass is 10.1. The van der Waals surface area contributed by atoms with E-state index in [1.165, 1.54) is 17.2 Å². The third-order valence-corrected chi connectivity index (χ3v) is 4.87. The molecule has 154 valence electrons. The Bertz CT molecular complexity index is 981. The molecule has 0 saturated carbocycles. The van der Waals surface area contributed by atoms with Gasteiger partial charge in [-0.3, -0.25) is 4.57 Å². The second-order valence-electron chi connectivity index (χ2n) is 6.67. The molecular weight excluding hydrogens is 378 g/mol. The number of ether oxygens (including phenoxy) is 2. The topological polar surface area (TPSA) is 135 Å². The first-order chi connectivity index (χ1) is 14.1. The molecule has 2 aromatic heterocycles. The fraction of sp³-hybridized carbons (Fsp3) is 0.421. The predicted molar refractivity (Wildman–Crippen MR) is 103 cm³/mol. The molecule has 0 amide bonds. The van der Waals surface area contributed by atoms with E-state index in [-0.39, 0.29) is 0 Å². The highest BCUT2D eigenvalue weighted by Gasteiger charge is 2.44. The van der Waals surface area contributed by atoms with Gasteiger partial charge in [-0.2, -0.15) is 0 Å². The average Bonchev–Trinajstić information content (AvgIpc) is 3.29. The van der Waals surface area contributed by atoms with Crippen LogP contribution in [0.3, 0.4) is 0 Å². The molecule has 1 saturated heterocycles. The third kappa shape index (κ3) is 3.62. The van der Waals surface area contributed by atoms with Crippen LogP contribution in [0.25, 0.3) is 11.2 Å². The molecule has 10 heteroatoms. The van der Waals surface area contributed by atoms with Gasteiger partial charge in [0.25, 0.3) is 0 Å². The van der Waals surface area contributed by atoms with Gasteiger partial charge < -0.3 is 30.1 Å². The van der Waals surface area contributed by atoms with Crippen molar-refractivity contribution in [1.29, 1.82) is 0 Å². The number of rotatable bonds is 7. The first-order valence-corrected chi connectivity index (χ1v) is 9.38. The Labute approximate surface area is 166 Å². The Morgan fingerprint density at radius 1 is 1.17 bits per heavy atom. The van der Waals surface area contributed by atoms with Crippen molar-refractivity contribution in [2.75, 3.05) is 18.5 Å². The van der Waals surface area contributed by atoms with E-state index in [0.29, 0.717) is 30.1 Å². The van der Waals surface area contributed by atoms with Crippen LogP contribution in [0.2, 0.25) is 0 Å². The molecule has 0 spiro atoms. The van der Waals surface area contributed by atoms with Gasteiger partial charge in [-0.25, -0.2) is 15.0 Å². The summed E-state index contributed by atoms with van der Waals surface area (Å²) < 4.78 is 12.7. The Morgan fingerprint density at radius 3 is 2.76 bits per heavy atom. The number of fused-ring (bicyclic) bond motifs is 1. The first kappa shape index (κ1) is 19.5. The summed E-state index contributed by atoms with van der Waals surface area (Å²) in [5, 5.41) is 32.8. The predicted octanol–water partition coefficient (Wildman–Crippen LogP) is 0.449. The van der Waals surface area contributed by atoms with Gasteiger partial charge >= 0.3 is 0 Å². The highest BCUT2D eigenvalue weighted by molar-refractivity contribution is 5.82. The van der Waals surface area contributed by atoms with Crippen LogP contribution in [0, 0.1) is 0 Å². The van der Waals surface area contributed by atoms with Crippen molar-refractivity contribution in [1.82, 2.24) is 19.5 Å². The second kappa shape index (κ2) is 8.29. The molecule has 29 heavy (non-hydrogen) atoms. The Balaban J connectivity index is 1.59. The van der Waals surface area contributed by atoms with Gasteiger partial charge in [-0.1, -0.05) is 18.2 Å². The number of para-hydroxylation sites is 1. The van der Waals surface area contributed by atoms with E-state index in [1.54, 1.807) is 0 Å². The van der Waals surface area contributed by atoms with E-state index < -0.39 is 31.1 Å². The molecular formula is C19H23N5O5. The van der Waals surface area contributed by atoms with Crippen LogP contribution < -0.4 is 10.1 Å². The lowest BCUT2D eigenvalue weighted by molar-refractivity contribution is -0.0511. The number of anilines is 1. The summed E-state index contributed by atoms with van der Waals surface area (Å²) in [6.45, 7) is 2.58. The number of benzene rings is 1. The summed E-state index contributed by atoms with van der Waals surface area (Å²) in [5.41, 5.74) is 1.92. The molecule has 3 heterocycles. The zero-order valence-corrected chi connectivity index (χ0v) is 15.8. The van der Waals surface area contributed by atoms with Crippen molar-refractivity contribution in [3.63, 3.8) is 0 Å². The molecule has 0 radical (unpaired) electrons. The minimum absolute atomic E-state index is 0.400. The van der Waals surface area contributed by atoms with Crippen molar-refractivity contribution >= 4 is 17.0 Å². The number of aromatic nitrogens is 4. The summed E-state index contributed by atoms with van der Waals surface area (Å²) in [6, 6.07) is 7.73. The lowest BCUT2D eigenvalue weighted by Gasteiger charge is -2.16. The highest BCUT2D eigenvalue weighted by Crippen LogP contribution is 2.32. The monoisotopic (exact) mass is 401 g/mol. The molecule has 0 unspecified atom stereocenters. The van der Waals surface area contributed by atoms with Crippen molar-refractivity contribution in [2.45, 2.75) is 38.0 Å². The Kier molecular flexibility index (Phi) is 5.58. The average molecular weight is 401 g/mol. The standard InChI is InChI=1S/C19H23N5O5/c1-2-28-12-6-4-3-5-11(12)7-20-17-14-18(22-9-21-17)24(10-23-14)19-16(27)15(26)13(8-25)29-19/h3-6,9-10,13,15-16,19,25-27H,2,7-8H2,1H3,(H,20,21,22)/t13-,15-,16-,19-/m1/s1. The maximum absolute atomic E-state index is 10.3. The quantitative estimate of drug-likeness (QED) is 0.445. The number of imidazole rings is 1. The normalized spacial score (nSPS) is 24.1. The summed E-state index contributed by atoms with van der Waals surface area (Å²) in [5.74, 6) is 1.32. The minimum atomic E-state index is -1.21. The van der Waals surface area contributed by atoms with Gasteiger partial charge in [0, 0.05) is 12.1 Å². The van der Waals surface area contributed by atoms with Crippen molar-refractivity contribution in [3.8, 4) is 5.75 Å². The number of hydrogen-bond acceptors (Lipinski definition) is 9. The van der Waals surface area contributed by atoms with E-state index in [4.69, 9.17) is 9.47 Å². The van der Waals surface area contributed by atoms with Crippen LogP contribution in [0.4, 0.5) is 5.82 Å². The molecule has 3 aromatic rings. The van der Waals surface area contributed by atoms with Gasteiger partial charge in [0.2, 0.25) is 0 Å². The molecule has 1 aliphatic heterocycles. The SMILES string of the molecule is CCOc1ccccc1CNc1ncnc2c1ncn2[C@@H]1O[C@H](CO)[C@@H](O)[C@H]1O. The molecule has 1 aliphatic rings. The lowest BCUT2D eigenvalue weighted by Crippen LogP contribution is -2.33. The number of nitrogens with one attached hydrogen (secondary N) is 1. The molecule has 0 aliphatic carbocycles. The molecule has 4 N–H and O–H groups in total. The Hall–Kier alpha value is -2.79. The largest absolute Gasteiger partial charge is 0.494 e. The van der Waals surface area contributed by atoms with Crippen LogP contribution in [-0.4, -0.2) is 66.4 Å². The fourth-order valence-corrected chi connectivity index (χ4v) is 3.40. The fourth-order valence-electron chi connectivity index (χ4n) is 3.40. The molecule has 4 atom stereocenters. The highest BCUT2D eigenvalue weighted by atomic mass is 16.6. The number of nitrogens with zero attached hydrogens (tertiary/aromatic N) is 4. The second-order valence-corrected chi connectivity index (χ2v) is 6.67. The summed E-state index contributed by atoms with van der Waals surface area (Å²) in [7, 11) is 0. The van der Waals surface area contributed by atoms with Crippen molar-refractivity contribution < 1.29 is 24.8 Å². The number of hydrogen-bond donors (Lipinski definition) is 4. The van der Waals surface area contributed by atoms with Crippen molar-refractivity contribution in [3.05, 3.63) is 42.5 Å². The van der Waals surface area contributed by atoms with E-state index in [0.717, 1.165) is 11.3 Å². The smallest absolute Gasteiger partial charge is 0.167 e. The maximum Gasteiger partial charge on any atom is 0.167 e. The van der Waals surface area contributed by atoms with Gasteiger partial charge in [0.15, 0.2) is 23.2 Å². The minimum Gasteiger partial charge on any atom is -0.494 e. The first-order valence-electron chi connectivity index (χ1n) is 9.38. The molecule has 1 aromatic carbocycles. The van der Waals surface area contributed by atoms with Crippen LogP contribution >= 0.6 is 0 Å². The van der Waals surface area contributed by atoms with Gasteiger partial charge in [0.05, 0.1) is 19.5 Å². The van der Waals surface area contributed by atoms with Crippen LogP contribution in [0.15, 0.2) is 36.9 Å². The van der Waals surface area contributed by atoms with Gasteiger partial charge in [0.1, 0.15) is 30.4 Å². The maximum atomic E-state index is 10.3.